The van der Waals surface area contributed by atoms with Crippen LogP contribution < -0.4 is 14.8 Å². The molecule has 1 saturated heterocycles. The molecule has 0 unspecified atom stereocenters. The molecule has 0 bridgehead atoms. The van der Waals surface area contributed by atoms with Crippen LogP contribution in [0.4, 0.5) is 0 Å². The number of nitrogens with one attached hydrogen (secondary N) is 1. The molecule has 0 aromatic heterocycles. The summed E-state index contributed by atoms with van der Waals surface area (Å²) in [5.41, 5.74) is 3.57. The van der Waals surface area contributed by atoms with E-state index in [2.05, 4.69) is 59.9 Å². The Kier molecular flexibility index (Phi) is 13.0. The number of aliphatic hydroxyl groups is 2. The van der Waals surface area contributed by atoms with Gasteiger partial charge in [0.05, 0.1) is 52.4 Å². The summed E-state index contributed by atoms with van der Waals surface area (Å²) >= 11 is 0. The number of hydrogen-bond acceptors (Lipinski definition) is 8. The van der Waals surface area contributed by atoms with E-state index in [4.69, 9.17) is 28.8 Å². The fraction of sp³-hybridized carbons (Fsp3) is 0.405. The molecule has 1 fully saturated rings. The van der Waals surface area contributed by atoms with E-state index in [9.17, 15) is 5.11 Å². The normalized spacial score (nSPS) is 17.3. The second-order valence-electron chi connectivity index (χ2n) is 11.4. The highest BCUT2D eigenvalue weighted by molar-refractivity contribution is 5.84. The van der Waals surface area contributed by atoms with Gasteiger partial charge in [0.2, 0.25) is 0 Å². The Bertz CT molecular complexity index is 1420. The Morgan fingerprint density at radius 1 is 0.733 bits per heavy atom. The van der Waals surface area contributed by atoms with E-state index < -0.39 is 6.10 Å². The van der Waals surface area contributed by atoms with Gasteiger partial charge >= 0.3 is 0 Å². The predicted molar refractivity (Wildman–Crippen MR) is 175 cm³/mol. The number of piperidine rings is 1. The standard InChI is InChI=1S/C37H45NO7/c39-24-33(40)27-42-19-20-44-35-14-9-30-8-7-29(21-32(30)22-35)26-45-37-23-38-16-15-36(37)31-10-12-34(13-11-31)43-18-4-17-41-25-28-5-2-1-3-6-28/h1-3,5-14,21-22,33,36-40H,4,15-20,23-27H2/t33-,36+,37-/m0/s1. The molecule has 8 nitrogen and oxygen atoms in total. The van der Waals surface area contributed by atoms with Gasteiger partial charge < -0.3 is 39.2 Å². The average Bonchev–Trinajstić information content (AvgIpc) is 3.09. The molecule has 4 aromatic carbocycles. The van der Waals surface area contributed by atoms with Crippen LogP contribution in [-0.2, 0) is 27.4 Å². The number of fused-ring (bicyclic) bond motifs is 1. The highest BCUT2D eigenvalue weighted by Crippen LogP contribution is 2.30. The Hall–Kier alpha value is -3.50. The molecule has 3 N–H and O–H groups in total. The van der Waals surface area contributed by atoms with E-state index >= 15 is 0 Å². The minimum atomic E-state index is -0.863. The quantitative estimate of drug-likeness (QED) is 0.131. The van der Waals surface area contributed by atoms with Gasteiger partial charge in [0, 0.05) is 18.9 Å². The smallest absolute Gasteiger partial charge is 0.120 e. The molecular weight excluding hydrogens is 570 g/mol. The molecule has 4 aromatic rings. The van der Waals surface area contributed by atoms with Crippen molar-refractivity contribution in [1.29, 1.82) is 0 Å². The zero-order valence-corrected chi connectivity index (χ0v) is 25.8. The second kappa shape index (κ2) is 17.8. The third-order valence-corrected chi connectivity index (χ3v) is 7.91. The number of benzene rings is 4. The van der Waals surface area contributed by atoms with Crippen LogP contribution in [0.2, 0.25) is 0 Å². The lowest BCUT2D eigenvalue weighted by Crippen LogP contribution is -2.40. The lowest BCUT2D eigenvalue weighted by Gasteiger charge is -2.32. The first-order chi connectivity index (χ1) is 22.2. The summed E-state index contributed by atoms with van der Waals surface area (Å²) in [4.78, 5) is 0. The van der Waals surface area contributed by atoms with E-state index in [1.807, 2.05) is 36.4 Å². The van der Waals surface area contributed by atoms with Gasteiger partial charge in [-0.2, -0.15) is 0 Å². The maximum Gasteiger partial charge on any atom is 0.120 e. The topological polar surface area (TPSA) is 98.6 Å². The molecule has 3 atom stereocenters. The van der Waals surface area contributed by atoms with Crippen LogP contribution in [0.1, 0.15) is 35.4 Å². The van der Waals surface area contributed by atoms with Crippen molar-refractivity contribution < 1.29 is 33.9 Å². The Balaban J connectivity index is 1.07. The van der Waals surface area contributed by atoms with E-state index in [-0.39, 0.29) is 19.3 Å². The third-order valence-electron chi connectivity index (χ3n) is 7.91. The molecule has 45 heavy (non-hydrogen) atoms. The maximum absolute atomic E-state index is 9.36. The van der Waals surface area contributed by atoms with Crippen LogP contribution in [0.3, 0.4) is 0 Å². The van der Waals surface area contributed by atoms with Crippen LogP contribution in [0, 0.1) is 0 Å². The van der Waals surface area contributed by atoms with Gasteiger partial charge in [-0.25, -0.2) is 0 Å². The van der Waals surface area contributed by atoms with Crippen molar-refractivity contribution in [3.05, 3.63) is 108 Å². The molecular formula is C37H45NO7. The van der Waals surface area contributed by atoms with Crippen molar-refractivity contribution in [3.63, 3.8) is 0 Å². The van der Waals surface area contributed by atoms with E-state index in [1.165, 1.54) is 11.1 Å². The third kappa shape index (κ3) is 10.5. The van der Waals surface area contributed by atoms with Gasteiger partial charge in [-0.3, -0.25) is 0 Å². The minimum absolute atomic E-state index is 0.0713. The van der Waals surface area contributed by atoms with Crippen LogP contribution >= 0.6 is 0 Å². The molecule has 8 heteroatoms. The first-order valence-electron chi connectivity index (χ1n) is 15.9. The summed E-state index contributed by atoms with van der Waals surface area (Å²) in [6.07, 6.45) is 1.07. The zero-order valence-electron chi connectivity index (χ0n) is 25.8. The molecule has 0 spiro atoms. The lowest BCUT2D eigenvalue weighted by molar-refractivity contribution is -0.00137. The zero-order chi connectivity index (χ0) is 31.1. The summed E-state index contributed by atoms with van der Waals surface area (Å²) in [5.74, 6) is 1.95. The largest absolute Gasteiger partial charge is 0.494 e. The van der Waals surface area contributed by atoms with Crippen molar-refractivity contribution in [2.45, 2.75) is 44.2 Å². The lowest BCUT2D eigenvalue weighted by atomic mass is 9.87. The fourth-order valence-corrected chi connectivity index (χ4v) is 5.46. The van der Waals surface area contributed by atoms with Crippen LogP contribution in [0.25, 0.3) is 10.8 Å². The van der Waals surface area contributed by atoms with E-state index in [0.717, 1.165) is 53.8 Å². The van der Waals surface area contributed by atoms with E-state index in [0.29, 0.717) is 45.6 Å². The predicted octanol–water partition coefficient (Wildman–Crippen LogP) is 5.24. The van der Waals surface area contributed by atoms with Crippen molar-refractivity contribution in [1.82, 2.24) is 5.32 Å². The summed E-state index contributed by atoms with van der Waals surface area (Å²) < 4.78 is 29.4. The van der Waals surface area contributed by atoms with Crippen LogP contribution in [-0.4, -0.2) is 75.2 Å². The number of aliphatic hydroxyl groups excluding tert-OH is 2. The molecule has 0 radical (unpaired) electrons. The van der Waals surface area contributed by atoms with Crippen molar-refractivity contribution in [3.8, 4) is 11.5 Å². The molecule has 1 aliphatic rings. The Morgan fingerprint density at radius 3 is 2.38 bits per heavy atom. The van der Waals surface area contributed by atoms with E-state index in [1.54, 1.807) is 0 Å². The number of ether oxygens (including phenoxy) is 5. The number of rotatable bonds is 18. The van der Waals surface area contributed by atoms with Crippen molar-refractivity contribution >= 4 is 10.8 Å². The summed E-state index contributed by atoms with van der Waals surface area (Å²) in [7, 11) is 0. The summed E-state index contributed by atoms with van der Waals surface area (Å²) in [6, 6.07) is 31.1. The first kappa shape index (κ1) is 32.9. The first-order valence-corrected chi connectivity index (χ1v) is 15.9. The van der Waals surface area contributed by atoms with Gasteiger partial charge in [-0.1, -0.05) is 60.7 Å². The molecule has 240 valence electrons. The highest BCUT2D eigenvalue weighted by Gasteiger charge is 2.27. The van der Waals surface area contributed by atoms with Gasteiger partial charge in [-0.05, 0) is 70.8 Å². The van der Waals surface area contributed by atoms with Crippen LogP contribution in [0.5, 0.6) is 11.5 Å². The van der Waals surface area contributed by atoms with Gasteiger partial charge in [0.15, 0.2) is 0 Å². The summed E-state index contributed by atoms with van der Waals surface area (Å²) in [5, 5.41) is 23.9. The van der Waals surface area contributed by atoms with Crippen molar-refractivity contribution in [2.24, 2.45) is 0 Å². The Labute approximate surface area is 265 Å². The van der Waals surface area contributed by atoms with Gasteiger partial charge in [-0.15, -0.1) is 0 Å². The second-order valence-corrected chi connectivity index (χ2v) is 11.4. The average molecular weight is 616 g/mol. The maximum atomic E-state index is 9.36. The molecule has 0 saturated carbocycles. The Morgan fingerprint density at radius 2 is 1.53 bits per heavy atom. The highest BCUT2D eigenvalue weighted by atomic mass is 16.5. The SMILES string of the molecule is OC[C@H](O)COCCOc1ccc2ccc(CO[C@H]3CNCC[C@@H]3c3ccc(OCCCOCc4ccccc4)cc3)cc2c1. The van der Waals surface area contributed by atoms with Crippen LogP contribution in [0.15, 0.2) is 91.0 Å². The molecule has 1 aliphatic heterocycles. The molecule has 5 rings (SSSR count). The van der Waals surface area contributed by atoms with Gasteiger partial charge in [0.25, 0.3) is 0 Å². The monoisotopic (exact) mass is 615 g/mol. The number of hydrogen-bond donors (Lipinski definition) is 3. The summed E-state index contributed by atoms with van der Waals surface area (Å²) in [6.45, 7) is 4.70. The van der Waals surface area contributed by atoms with Crippen molar-refractivity contribution in [2.75, 3.05) is 52.7 Å². The van der Waals surface area contributed by atoms with Gasteiger partial charge in [0.1, 0.15) is 24.2 Å². The molecule has 0 aliphatic carbocycles. The minimum Gasteiger partial charge on any atom is -0.494 e. The molecule has 1 heterocycles. The fourth-order valence-electron chi connectivity index (χ4n) is 5.46. The molecule has 0 amide bonds.